The van der Waals surface area contributed by atoms with E-state index >= 15 is 0 Å². The maximum atomic E-state index is 6.28. The number of fused-ring (bicyclic) bond motifs is 1. The number of thiazole rings is 1. The van der Waals surface area contributed by atoms with Crippen molar-refractivity contribution in [3.05, 3.63) is 75.8 Å². The second-order valence-corrected chi connectivity index (χ2v) is 8.59. The standard InChI is InChI=1S/C23H20Cl2N2OS/c1-3-28-22-18(24)11-15(12-19(22)25)13-26-17-7-5-16(6-8-17)23-27-20-9-4-14(2)10-21(20)29-23/h4-12,26H,3,13H2,1-2H3. The van der Waals surface area contributed by atoms with Crippen LogP contribution >= 0.6 is 34.5 Å². The van der Waals surface area contributed by atoms with Crippen LogP contribution in [0.15, 0.2) is 54.6 Å². The van der Waals surface area contributed by atoms with Crippen LogP contribution in [0.3, 0.4) is 0 Å². The quantitative estimate of drug-likeness (QED) is 0.333. The molecule has 0 fully saturated rings. The number of rotatable bonds is 6. The molecule has 4 rings (SSSR count). The first-order valence-electron chi connectivity index (χ1n) is 9.35. The molecule has 0 saturated carbocycles. The third kappa shape index (κ3) is 4.50. The van der Waals surface area contributed by atoms with E-state index < -0.39 is 0 Å². The van der Waals surface area contributed by atoms with Crippen LogP contribution in [0.1, 0.15) is 18.1 Å². The third-order valence-corrected chi connectivity index (χ3v) is 6.15. The van der Waals surface area contributed by atoms with Crippen LogP contribution in [0.5, 0.6) is 5.75 Å². The summed E-state index contributed by atoms with van der Waals surface area (Å²) in [5.41, 5.74) is 5.42. The summed E-state index contributed by atoms with van der Waals surface area (Å²) in [5, 5.41) is 5.49. The fourth-order valence-corrected chi connectivity index (χ4v) is 4.80. The van der Waals surface area contributed by atoms with Gasteiger partial charge >= 0.3 is 0 Å². The molecule has 1 aromatic heterocycles. The molecule has 0 saturated heterocycles. The highest BCUT2D eigenvalue weighted by atomic mass is 35.5. The largest absolute Gasteiger partial charge is 0.491 e. The molecule has 0 aliphatic rings. The number of ether oxygens (including phenoxy) is 1. The van der Waals surface area contributed by atoms with Gasteiger partial charge in [0.15, 0.2) is 5.75 Å². The summed E-state index contributed by atoms with van der Waals surface area (Å²) in [5.74, 6) is 0.537. The monoisotopic (exact) mass is 442 g/mol. The Morgan fingerprint density at radius 1 is 1.00 bits per heavy atom. The number of aromatic nitrogens is 1. The minimum absolute atomic E-state index is 0.525. The summed E-state index contributed by atoms with van der Waals surface area (Å²) >= 11 is 14.3. The van der Waals surface area contributed by atoms with Gasteiger partial charge in [-0.05, 0) is 73.5 Å². The number of nitrogens with zero attached hydrogens (tertiary/aromatic N) is 1. The van der Waals surface area contributed by atoms with Crippen molar-refractivity contribution < 1.29 is 4.74 Å². The summed E-state index contributed by atoms with van der Waals surface area (Å²) in [6.45, 7) is 5.15. The minimum Gasteiger partial charge on any atom is -0.491 e. The molecule has 0 radical (unpaired) electrons. The zero-order chi connectivity index (χ0) is 20.4. The third-order valence-electron chi connectivity index (χ3n) is 4.52. The SMILES string of the molecule is CCOc1c(Cl)cc(CNc2ccc(-c3nc4ccc(C)cc4s3)cc2)cc1Cl. The number of nitrogens with one attached hydrogen (secondary N) is 1. The van der Waals surface area contributed by atoms with Crippen molar-refractivity contribution in [1.29, 1.82) is 0 Å². The number of anilines is 1. The fourth-order valence-electron chi connectivity index (χ4n) is 3.09. The van der Waals surface area contributed by atoms with Crippen molar-refractivity contribution in [2.75, 3.05) is 11.9 Å². The lowest BCUT2D eigenvalue weighted by molar-refractivity contribution is 0.340. The molecule has 6 heteroatoms. The Kier molecular flexibility index (Phi) is 5.95. The van der Waals surface area contributed by atoms with Crippen molar-refractivity contribution in [2.45, 2.75) is 20.4 Å². The molecule has 29 heavy (non-hydrogen) atoms. The first-order valence-corrected chi connectivity index (χ1v) is 10.9. The summed E-state index contributed by atoms with van der Waals surface area (Å²) in [7, 11) is 0. The molecular formula is C23H20Cl2N2OS. The van der Waals surface area contributed by atoms with Gasteiger partial charge in [-0.2, -0.15) is 0 Å². The molecule has 1 N–H and O–H groups in total. The van der Waals surface area contributed by atoms with Crippen LogP contribution in [-0.4, -0.2) is 11.6 Å². The molecule has 3 aromatic carbocycles. The van der Waals surface area contributed by atoms with Gasteiger partial charge in [0.25, 0.3) is 0 Å². The molecule has 0 aliphatic heterocycles. The smallest absolute Gasteiger partial charge is 0.156 e. The number of hydrogen-bond donors (Lipinski definition) is 1. The summed E-state index contributed by atoms with van der Waals surface area (Å²) in [6.07, 6.45) is 0. The Hall–Kier alpha value is -2.27. The van der Waals surface area contributed by atoms with Crippen molar-refractivity contribution in [3.8, 4) is 16.3 Å². The second-order valence-electron chi connectivity index (χ2n) is 6.74. The van der Waals surface area contributed by atoms with Gasteiger partial charge < -0.3 is 10.1 Å². The molecule has 1 heterocycles. The molecule has 0 unspecified atom stereocenters. The lowest BCUT2D eigenvalue weighted by Crippen LogP contribution is -2.01. The van der Waals surface area contributed by atoms with Crippen molar-refractivity contribution in [3.63, 3.8) is 0 Å². The Morgan fingerprint density at radius 2 is 1.72 bits per heavy atom. The maximum absolute atomic E-state index is 6.28. The van der Waals surface area contributed by atoms with Gasteiger partial charge in [0.05, 0.1) is 26.9 Å². The van der Waals surface area contributed by atoms with Gasteiger partial charge in [0, 0.05) is 17.8 Å². The van der Waals surface area contributed by atoms with Gasteiger partial charge in [-0.15, -0.1) is 11.3 Å². The Labute approximate surface area is 184 Å². The van der Waals surface area contributed by atoms with E-state index in [1.54, 1.807) is 11.3 Å². The molecule has 3 nitrogen and oxygen atoms in total. The van der Waals surface area contributed by atoms with Gasteiger partial charge in [-0.3, -0.25) is 0 Å². The molecule has 4 aromatic rings. The molecule has 0 spiro atoms. The Balaban J connectivity index is 1.47. The van der Waals surface area contributed by atoms with Crippen LogP contribution in [0, 0.1) is 6.92 Å². The molecule has 0 aliphatic carbocycles. The van der Waals surface area contributed by atoms with E-state index in [1.165, 1.54) is 10.3 Å². The van der Waals surface area contributed by atoms with Gasteiger partial charge in [0.2, 0.25) is 0 Å². The highest BCUT2D eigenvalue weighted by Crippen LogP contribution is 2.35. The average molecular weight is 443 g/mol. The van der Waals surface area contributed by atoms with Crippen LogP contribution in [0.4, 0.5) is 5.69 Å². The maximum Gasteiger partial charge on any atom is 0.156 e. The molecule has 0 amide bonds. The summed E-state index contributed by atoms with van der Waals surface area (Å²) in [4.78, 5) is 4.75. The first kappa shape index (κ1) is 20.0. The van der Waals surface area contributed by atoms with Crippen LogP contribution in [-0.2, 0) is 6.54 Å². The van der Waals surface area contributed by atoms with Gasteiger partial charge in [-0.25, -0.2) is 4.98 Å². The van der Waals surface area contributed by atoms with Gasteiger partial charge in [-0.1, -0.05) is 29.3 Å². The molecule has 0 atom stereocenters. The van der Waals surface area contributed by atoms with Gasteiger partial charge in [0.1, 0.15) is 5.01 Å². The van der Waals surface area contributed by atoms with E-state index in [0.717, 1.165) is 27.3 Å². The van der Waals surface area contributed by atoms with Crippen molar-refractivity contribution in [1.82, 2.24) is 4.98 Å². The van der Waals surface area contributed by atoms with E-state index in [0.29, 0.717) is 28.9 Å². The first-order chi connectivity index (χ1) is 14.0. The van der Waals surface area contributed by atoms with Crippen molar-refractivity contribution in [2.24, 2.45) is 0 Å². The zero-order valence-corrected chi connectivity index (χ0v) is 18.5. The van der Waals surface area contributed by atoms with E-state index in [1.807, 2.05) is 19.1 Å². The van der Waals surface area contributed by atoms with E-state index in [-0.39, 0.29) is 0 Å². The molecule has 148 valence electrons. The van der Waals surface area contributed by atoms with Crippen LogP contribution in [0.25, 0.3) is 20.8 Å². The number of aryl methyl sites for hydroxylation is 1. The molecular weight excluding hydrogens is 423 g/mol. The lowest BCUT2D eigenvalue weighted by atomic mass is 10.2. The normalized spacial score (nSPS) is 11.0. The van der Waals surface area contributed by atoms with Crippen molar-refractivity contribution >= 4 is 50.4 Å². The predicted octanol–water partition coefficient (Wildman–Crippen LogP) is 7.59. The van der Waals surface area contributed by atoms with Crippen LogP contribution in [0.2, 0.25) is 10.0 Å². The van der Waals surface area contributed by atoms with E-state index in [4.69, 9.17) is 32.9 Å². The number of halogens is 2. The minimum atomic E-state index is 0.525. The highest BCUT2D eigenvalue weighted by Gasteiger charge is 2.10. The number of hydrogen-bond acceptors (Lipinski definition) is 4. The number of benzene rings is 3. The Bertz CT molecular complexity index is 1130. The van der Waals surface area contributed by atoms with E-state index in [2.05, 4.69) is 54.7 Å². The van der Waals surface area contributed by atoms with Crippen LogP contribution < -0.4 is 10.1 Å². The predicted molar refractivity (Wildman–Crippen MR) is 125 cm³/mol. The lowest BCUT2D eigenvalue weighted by Gasteiger charge is -2.12. The zero-order valence-electron chi connectivity index (χ0n) is 16.1. The second kappa shape index (κ2) is 8.62. The molecule has 0 bridgehead atoms. The van der Waals surface area contributed by atoms with E-state index in [9.17, 15) is 0 Å². The highest BCUT2D eigenvalue weighted by molar-refractivity contribution is 7.21. The fraction of sp³-hybridized carbons (Fsp3) is 0.174. The summed E-state index contributed by atoms with van der Waals surface area (Å²) < 4.78 is 6.69. The summed E-state index contributed by atoms with van der Waals surface area (Å²) in [6, 6.07) is 18.4. The average Bonchev–Trinajstić information content (AvgIpc) is 3.12. The Morgan fingerprint density at radius 3 is 2.41 bits per heavy atom. The topological polar surface area (TPSA) is 34.1 Å².